The molecule has 0 aliphatic rings. The maximum absolute atomic E-state index is 10.7. The van der Waals surface area contributed by atoms with Gasteiger partial charge in [0.15, 0.2) is 0 Å². The third-order valence-corrected chi connectivity index (χ3v) is 6.50. The highest BCUT2D eigenvalue weighted by Gasteiger charge is 2.13. The molecule has 0 aromatic heterocycles. The van der Waals surface area contributed by atoms with E-state index in [2.05, 4.69) is 45.2 Å². The lowest BCUT2D eigenvalue weighted by atomic mass is 10.1. The van der Waals surface area contributed by atoms with Crippen molar-refractivity contribution in [2.45, 2.75) is 61.0 Å². The van der Waals surface area contributed by atoms with E-state index in [-0.39, 0.29) is 5.25 Å². The van der Waals surface area contributed by atoms with Crippen LogP contribution < -0.4 is 0 Å². The van der Waals surface area contributed by atoms with Gasteiger partial charge in [-0.25, -0.2) is 0 Å². The number of carboxylic acid groups (broad SMARTS) is 1. The maximum atomic E-state index is 10.7. The van der Waals surface area contributed by atoms with Gasteiger partial charge in [0.05, 0.1) is 5.25 Å². The second-order valence-electron chi connectivity index (χ2n) is 4.51. The molecule has 0 aromatic carbocycles. The Morgan fingerprint density at radius 3 is 2.28 bits per heavy atom. The molecule has 0 bridgehead atoms. The summed E-state index contributed by atoms with van der Waals surface area (Å²) in [5, 5.41) is 8.52. The number of halogens is 2. The van der Waals surface area contributed by atoms with Gasteiger partial charge in [0.25, 0.3) is 0 Å². The highest BCUT2D eigenvalue weighted by atomic mass is 127. The molecule has 0 rings (SSSR count). The van der Waals surface area contributed by atoms with E-state index in [1.807, 2.05) is 0 Å². The molecule has 0 aliphatic heterocycles. The van der Waals surface area contributed by atoms with E-state index in [0.717, 1.165) is 5.75 Å². The van der Waals surface area contributed by atoms with Crippen molar-refractivity contribution in [2.75, 3.05) is 10.2 Å². The number of aliphatic carboxylic acids is 1. The van der Waals surface area contributed by atoms with Crippen LogP contribution in [0.15, 0.2) is 0 Å². The first-order valence-corrected chi connectivity index (χ1v) is 10.4. The quantitative estimate of drug-likeness (QED) is 0.230. The summed E-state index contributed by atoms with van der Waals surface area (Å²) in [5.41, 5.74) is 0. The fourth-order valence-electron chi connectivity index (χ4n) is 1.57. The van der Waals surface area contributed by atoms with Gasteiger partial charge in [-0.3, -0.25) is 4.79 Å². The molecule has 0 fully saturated rings. The molecule has 0 saturated heterocycles. The molecule has 0 heterocycles. The Morgan fingerprint density at radius 1 is 1.17 bits per heavy atom. The van der Waals surface area contributed by atoms with E-state index < -0.39 is 5.97 Å². The van der Waals surface area contributed by atoms with Crippen LogP contribution in [0.1, 0.15) is 51.9 Å². The molecule has 0 amide bonds. The largest absolute Gasteiger partial charge is 0.480 e. The summed E-state index contributed by atoms with van der Waals surface area (Å²) in [6, 6.07) is 0. The van der Waals surface area contributed by atoms with Crippen molar-refractivity contribution in [2.24, 2.45) is 0 Å². The van der Waals surface area contributed by atoms with Gasteiger partial charge < -0.3 is 5.11 Å². The summed E-state index contributed by atoms with van der Waals surface area (Å²) in [6.45, 7) is 1.77. The molecule has 2 unspecified atom stereocenters. The van der Waals surface area contributed by atoms with Gasteiger partial charge in [0.2, 0.25) is 0 Å². The second kappa shape index (κ2) is 13.3. The van der Waals surface area contributed by atoms with Crippen LogP contribution in [0.2, 0.25) is 0 Å². The summed E-state index contributed by atoms with van der Waals surface area (Å²) in [4.78, 5) is 10.7. The summed E-state index contributed by atoms with van der Waals surface area (Å²) < 4.78 is 1.90. The zero-order valence-electron chi connectivity index (χ0n) is 11.0. The Kier molecular flexibility index (Phi) is 14.2. The van der Waals surface area contributed by atoms with Crippen LogP contribution >= 0.6 is 56.9 Å². The van der Waals surface area contributed by atoms with Gasteiger partial charge in [-0.1, -0.05) is 77.3 Å². The van der Waals surface area contributed by atoms with E-state index in [1.54, 1.807) is 18.7 Å². The molecular weight excluding hydrogens is 474 g/mol. The molecular formula is C13H24I2O2S. The topological polar surface area (TPSA) is 37.3 Å². The van der Waals surface area contributed by atoms with Crippen molar-refractivity contribution in [1.29, 1.82) is 0 Å². The minimum atomic E-state index is -0.695. The average molecular weight is 498 g/mol. The van der Waals surface area contributed by atoms with E-state index >= 15 is 0 Å². The van der Waals surface area contributed by atoms with Gasteiger partial charge in [-0.15, -0.1) is 11.8 Å². The van der Waals surface area contributed by atoms with Crippen LogP contribution in [0.25, 0.3) is 0 Å². The monoisotopic (exact) mass is 498 g/mol. The van der Waals surface area contributed by atoms with Gasteiger partial charge in [0, 0.05) is 9.68 Å². The van der Waals surface area contributed by atoms with Crippen LogP contribution in [0.4, 0.5) is 0 Å². The third-order valence-electron chi connectivity index (χ3n) is 2.78. The van der Waals surface area contributed by atoms with Crippen molar-refractivity contribution in [3.05, 3.63) is 0 Å². The number of unbranched alkanes of at least 4 members (excludes halogenated alkanes) is 5. The van der Waals surface area contributed by atoms with E-state index in [4.69, 9.17) is 5.11 Å². The Hall–Kier alpha value is 1.28. The Bertz CT molecular complexity index is 215. The first-order chi connectivity index (χ1) is 8.57. The number of thioether (sulfide) groups is 1. The van der Waals surface area contributed by atoms with Gasteiger partial charge >= 0.3 is 5.97 Å². The van der Waals surface area contributed by atoms with E-state index in [0.29, 0.717) is 3.92 Å². The number of hydrogen-bond acceptors (Lipinski definition) is 2. The Labute approximate surface area is 143 Å². The first kappa shape index (κ1) is 19.3. The third kappa shape index (κ3) is 12.3. The molecule has 18 heavy (non-hydrogen) atoms. The lowest BCUT2D eigenvalue weighted by molar-refractivity contribution is -0.136. The smallest absolute Gasteiger partial charge is 0.316 e. The summed E-state index contributed by atoms with van der Waals surface area (Å²) >= 11 is 6.46. The molecule has 0 aliphatic carbocycles. The first-order valence-electron chi connectivity index (χ1n) is 6.62. The lowest BCUT2D eigenvalue weighted by Gasteiger charge is -2.11. The molecule has 0 spiro atoms. The standard InChI is InChI=1S/C13H24I2O2S/c1-11(13(16)17)18-10-12(15)8-6-4-2-3-5-7-9-14/h11-12H,2-10H2,1H3,(H,16,17). The minimum absolute atomic E-state index is 0.268. The predicted molar refractivity (Wildman–Crippen MR) is 98.6 cm³/mol. The summed E-state index contributed by atoms with van der Waals surface area (Å²) in [7, 11) is 0. The number of rotatable bonds is 12. The van der Waals surface area contributed by atoms with Crippen LogP contribution in [-0.4, -0.2) is 30.4 Å². The van der Waals surface area contributed by atoms with Gasteiger partial charge in [-0.2, -0.15) is 0 Å². The Morgan fingerprint density at radius 2 is 1.72 bits per heavy atom. The van der Waals surface area contributed by atoms with Crippen LogP contribution in [0, 0.1) is 0 Å². The number of carbonyl (C=O) groups is 1. The number of alkyl halides is 2. The fraction of sp³-hybridized carbons (Fsp3) is 0.923. The molecule has 0 radical (unpaired) electrons. The van der Waals surface area contributed by atoms with Crippen LogP contribution in [0.3, 0.4) is 0 Å². The highest BCUT2D eigenvalue weighted by Crippen LogP contribution is 2.21. The Balaban J connectivity index is 3.31. The van der Waals surface area contributed by atoms with Crippen molar-refractivity contribution < 1.29 is 9.90 Å². The SMILES string of the molecule is CC(SCC(I)CCCCCCCCI)C(=O)O. The molecule has 108 valence electrons. The summed E-state index contributed by atoms with van der Waals surface area (Å²) in [6.07, 6.45) is 9.33. The lowest BCUT2D eigenvalue weighted by Crippen LogP contribution is -2.14. The van der Waals surface area contributed by atoms with Crippen molar-refractivity contribution in [3.63, 3.8) is 0 Å². The normalized spacial score (nSPS) is 14.4. The molecule has 5 heteroatoms. The van der Waals surface area contributed by atoms with Crippen LogP contribution in [0.5, 0.6) is 0 Å². The van der Waals surface area contributed by atoms with Crippen molar-refractivity contribution in [1.82, 2.24) is 0 Å². The van der Waals surface area contributed by atoms with E-state index in [1.165, 1.54) is 49.4 Å². The van der Waals surface area contributed by atoms with E-state index in [9.17, 15) is 4.79 Å². The minimum Gasteiger partial charge on any atom is -0.480 e. The highest BCUT2D eigenvalue weighted by molar-refractivity contribution is 14.1. The zero-order valence-corrected chi connectivity index (χ0v) is 16.2. The molecule has 2 atom stereocenters. The van der Waals surface area contributed by atoms with Gasteiger partial charge in [0.1, 0.15) is 0 Å². The van der Waals surface area contributed by atoms with Crippen molar-refractivity contribution >= 4 is 62.9 Å². The fourth-order valence-corrected chi connectivity index (χ4v) is 3.98. The van der Waals surface area contributed by atoms with Crippen molar-refractivity contribution in [3.8, 4) is 0 Å². The predicted octanol–water partition coefficient (Wildman–Crippen LogP) is 5.16. The zero-order chi connectivity index (χ0) is 13.8. The van der Waals surface area contributed by atoms with Gasteiger partial charge in [-0.05, 0) is 24.2 Å². The molecule has 0 saturated carbocycles. The molecule has 2 nitrogen and oxygen atoms in total. The number of carboxylic acids is 1. The maximum Gasteiger partial charge on any atom is 0.316 e. The summed E-state index contributed by atoms with van der Waals surface area (Å²) in [5.74, 6) is 0.266. The molecule has 1 N–H and O–H groups in total. The number of hydrogen-bond donors (Lipinski definition) is 1. The molecule has 0 aromatic rings. The second-order valence-corrected chi connectivity index (χ2v) is 8.72. The van der Waals surface area contributed by atoms with Crippen LogP contribution in [-0.2, 0) is 4.79 Å². The average Bonchev–Trinajstić information content (AvgIpc) is 2.34.